The second-order valence-electron chi connectivity index (χ2n) is 4.90. The number of aliphatic hydroxyl groups excluding tert-OH is 1. The summed E-state index contributed by atoms with van der Waals surface area (Å²) < 4.78 is 0. The molecule has 0 aliphatic rings. The molecule has 102 valence electrons. The van der Waals surface area contributed by atoms with Crippen molar-refractivity contribution in [2.24, 2.45) is 0 Å². The van der Waals surface area contributed by atoms with Gasteiger partial charge in [0.05, 0.1) is 6.10 Å². The van der Waals surface area contributed by atoms with Crippen molar-refractivity contribution in [1.82, 2.24) is 5.32 Å². The van der Waals surface area contributed by atoms with Gasteiger partial charge in [-0.3, -0.25) is 0 Å². The van der Waals surface area contributed by atoms with Gasteiger partial charge in [-0.05, 0) is 37.1 Å². The van der Waals surface area contributed by atoms with E-state index >= 15 is 0 Å². The molecule has 0 aliphatic heterocycles. The van der Waals surface area contributed by atoms with E-state index in [1.807, 2.05) is 38.4 Å². The van der Waals surface area contributed by atoms with Crippen molar-refractivity contribution in [3.8, 4) is 0 Å². The standard InChI is InChI=1S/C15H26N2O/c1-5-11-16-14(6-2)15(18)12-7-9-13(10-8-12)17(3)4/h7-10,14-16,18H,5-6,11H2,1-4H3. The predicted molar refractivity (Wildman–Crippen MR) is 78.1 cm³/mol. The molecule has 0 saturated heterocycles. The summed E-state index contributed by atoms with van der Waals surface area (Å²) in [6, 6.07) is 8.25. The van der Waals surface area contributed by atoms with E-state index in [4.69, 9.17) is 0 Å². The average Bonchev–Trinajstić information content (AvgIpc) is 2.39. The third-order valence-electron chi connectivity index (χ3n) is 3.23. The highest BCUT2D eigenvalue weighted by Crippen LogP contribution is 2.21. The average molecular weight is 250 g/mol. The molecule has 0 aromatic heterocycles. The van der Waals surface area contributed by atoms with Gasteiger partial charge in [-0.15, -0.1) is 0 Å². The zero-order chi connectivity index (χ0) is 13.5. The second-order valence-corrected chi connectivity index (χ2v) is 4.90. The molecule has 0 saturated carbocycles. The van der Waals surface area contributed by atoms with E-state index in [-0.39, 0.29) is 6.04 Å². The van der Waals surface area contributed by atoms with Crippen LogP contribution < -0.4 is 10.2 Å². The number of hydrogen-bond donors (Lipinski definition) is 2. The molecule has 1 aromatic rings. The third kappa shape index (κ3) is 4.00. The van der Waals surface area contributed by atoms with Gasteiger partial charge in [-0.25, -0.2) is 0 Å². The lowest BCUT2D eigenvalue weighted by Crippen LogP contribution is -2.34. The summed E-state index contributed by atoms with van der Waals surface area (Å²) in [6.45, 7) is 5.19. The molecule has 0 radical (unpaired) electrons. The van der Waals surface area contributed by atoms with Crippen LogP contribution in [0.5, 0.6) is 0 Å². The summed E-state index contributed by atoms with van der Waals surface area (Å²) in [6.07, 6.45) is 1.58. The first-order chi connectivity index (χ1) is 8.60. The predicted octanol–water partition coefficient (Wildman–Crippen LogP) is 2.56. The molecule has 0 aliphatic carbocycles. The lowest BCUT2D eigenvalue weighted by molar-refractivity contribution is 0.126. The lowest BCUT2D eigenvalue weighted by atomic mass is 10.00. The zero-order valence-corrected chi connectivity index (χ0v) is 12.0. The first kappa shape index (κ1) is 15.0. The van der Waals surface area contributed by atoms with Gasteiger partial charge < -0.3 is 15.3 Å². The topological polar surface area (TPSA) is 35.5 Å². The first-order valence-corrected chi connectivity index (χ1v) is 6.78. The van der Waals surface area contributed by atoms with Crippen LogP contribution in [0.25, 0.3) is 0 Å². The lowest BCUT2D eigenvalue weighted by Gasteiger charge is -2.23. The Balaban J connectivity index is 2.72. The number of anilines is 1. The van der Waals surface area contributed by atoms with Gasteiger partial charge in [0.25, 0.3) is 0 Å². The van der Waals surface area contributed by atoms with Crippen molar-refractivity contribution in [3.05, 3.63) is 29.8 Å². The summed E-state index contributed by atoms with van der Waals surface area (Å²) in [7, 11) is 4.03. The first-order valence-electron chi connectivity index (χ1n) is 6.78. The van der Waals surface area contributed by atoms with E-state index in [0.717, 1.165) is 30.6 Å². The number of aliphatic hydroxyl groups is 1. The summed E-state index contributed by atoms with van der Waals surface area (Å²) in [5, 5.41) is 13.8. The molecular formula is C15H26N2O. The zero-order valence-electron chi connectivity index (χ0n) is 12.0. The highest BCUT2D eigenvalue weighted by atomic mass is 16.3. The molecule has 1 rings (SSSR count). The Morgan fingerprint density at radius 2 is 1.78 bits per heavy atom. The summed E-state index contributed by atoms with van der Waals surface area (Å²) in [5.41, 5.74) is 2.14. The van der Waals surface area contributed by atoms with E-state index in [9.17, 15) is 5.11 Å². The Bertz CT molecular complexity index is 335. The normalized spacial score (nSPS) is 14.3. The fourth-order valence-electron chi connectivity index (χ4n) is 2.01. The van der Waals surface area contributed by atoms with Crippen molar-refractivity contribution in [1.29, 1.82) is 0 Å². The van der Waals surface area contributed by atoms with Crippen LogP contribution in [0.4, 0.5) is 5.69 Å². The maximum Gasteiger partial charge on any atom is 0.0942 e. The van der Waals surface area contributed by atoms with Crippen LogP contribution in [0.2, 0.25) is 0 Å². The minimum atomic E-state index is -0.433. The van der Waals surface area contributed by atoms with E-state index in [0.29, 0.717) is 0 Å². The number of benzene rings is 1. The monoisotopic (exact) mass is 250 g/mol. The molecule has 2 atom stereocenters. The van der Waals surface area contributed by atoms with E-state index in [1.54, 1.807) is 0 Å². The Labute approximate surface area is 111 Å². The van der Waals surface area contributed by atoms with Crippen LogP contribution in [-0.4, -0.2) is 31.8 Å². The molecule has 0 spiro atoms. The number of nitrogens with one attached hydrogen (secondary N) is 1. The van der Waals surface area contributed by atoms with Gasteiger partial charge in [0.15, 0.2) is 0 Å². The fraction of sp³-hybridized carbons (Fsp3) is 0.600. The Morgan fingerprint density at radius 3 is 2.22 bits per heavy atom. The molecule has 0 amide bonds. The fourth-order valence-corrected chi connectivity index (χ4v) is 2.01. The third-order valence-corrected chi connectivity index (χ3v) is 3.23. The second kappa shape index (κ2) is 7.39. The van der Waals surface area contributed by atoms with Crippen LogP contribution in [0.1, 0.15) is 38.4 Å². The molecule has 2 N–H and O–H groups in total. The van der Waals surface area contributed by atoms with E-state index in [1.165, 1.54) is 0 Å². The molecule has 0 fully saturated rings. The maximum absolute atomic E-state index is 10.4. The van der Waals surface area contributed by atoms with Crippen molar-refractivity contribution >= 4 is 5.69 Å². The minimum absolute atomic E-state index is 0.134. The molecule has 2 unspecified atom stereocenters. The van der Waals surface area contributed by atoms with E-state index < -0.39 is 6.10 Å². The largest absolute Gasteiger partial charge is 0.387 e. The molecule has 3 heteroatoms. The van der Waals surface area contributed by atoms with Crippen LogP contribution >= 0.6 is 0 Å². The molecule has 18 heavy (non-hydrogen) atoms. The Kier molecular flexibility index (Phi) is 6.16. The van der Waals surface area contributed by atoms with Gasteiger partial charge in [0.1, 0.15) is 0 Å². The molecule has 0 heterocycles. The van der Waals surface area contributed by atoms with Gasteiger partial charge >= 0.3 is 0 Å². The highest BCUT2D eigenvalue weighted by Gasteiger charge is 2.18. The quantitative estimate of drug-likeness (QED) is 0.780. The van der Waals surface area contributed by atoms with Crippen molar-refractivity contribution in [2.75, 3.05) is 25.5 Å². The number of nitrogens with zero attached hydrogens (tertiary/aromatic N) is 1. The number of hydrogen-bond acceptors (Lipinski definition) is 3. The summed E-state index contributed by atoms with van der Waals surface area (Å²) >= 11 is 0. The Morgan fingerprint density at radius 1 is 1.17 bits per heavy atom. The smallest absolute Gasteiger partial charge is 0.0942 e. The molecule has 0 bridgehead atoms. The number of rotatable bonds is 7. The van der Waals surface area contributed by atoms with E-state index in [2.05, 4.69) is 24.1 Å². The van der Waals surface area contributed by atoms with Gasteiger partial charge in [-0.2, -0.15) is 0 Å². The molecular weight excluding hydrogens is 224 g/mol. The summed E-state index contributed by atoms with van der Waals surface area (Å²) in [4.78, 5) is 2.06. The van der Waals surface area contributed by atoms with Crippen molar-refractivity contribution in [2.45, 2.75) is 38.8 Å². The van der Waals surface area contributed by atoms with Crippen LogP contribution in [0.3, 0.4) is 0 Å². The summed E-state index contributed by atoms with van der Waals surface area (Å²) in [5.74, 6) is 0. The minimum Gasteiger partial charge on any atom is -0.387 e. The maximum atomic E-state index is 10.4. The molecule has 1 aromatic carbocycles. The molecule has 3 nitrogen and oxygen atoms in total. The van der Waals surface area contributed by atoms with Crippen LogP contribution in [0, 0.1) is 0 Å². The van der Waals surface area contributed by atoms with Gasteiger partial charge in [-0.1, -0.05) is 26.0 Å². The SMILES string of the molecule is CCCNC(CC)C(O)c1ccc(N(C)C)cc1. The van der Waals surface area contributed by atoms with Gasteiger partial charge in [0.2, 0.25) is 0 Å². The van der Waals surface area contributed by atoms with Crippen molar-refractivity contribution in [3.63, 3.8) is 0 Å². The van der Waals surface area contributed by atoms with Crippen LogP contribution in [0.15, 0.2) is 24.3 Å². The van der Waals surface area contributed by atoms with Crippen molar-refractivity contribution < 1.29 is 5.11 Å². The highest BCUT2D eigenvalue weighted by molar-refractivity contribution is 5.46. The van der Waals surface area contributed by atoms with Gasteiger partial charge in [0, 0.05) is 25.8 Å². The Hall–Kier alpha value is -1.06. The van der Waals surface area contributed by atoms with Crippen LogP contribution in [-0.2, 0) is 0 Å².